The van der Waals surface area contributed by atoms with Gasteiger partial charge in [0, 0.05) is 12.1 Å². The fourth-order valence-corrected chi connectivity index (χ4v) is 1.98. The fourth-order valence-electron chi connectivity index (χ4n) is 1.98. The lowest BCUT2D eigenvalue weighted by Gasteiger charge is -2.07. The molecule has 0 aliphatic rings. The van der Waals surface area contributed by atoms with E-state index in [1.807, 2.05) is 18.2 Å². The molecule has 4 heteroatoms. The van der Waals surface area contributed by atoms with Gasteiger partial charge in [-0.3, -0.25) is 4.79 Å². The Balaban J connectivity index is 1.63. The molecule has 2 rings (SSSR count). The van der Waals surface area contributed by atoms with Crippen LogP contribution in [-0.4, -0.2) is 19.0 Å². The van der Waals surface area contributed by atoms with Crippen molar-refractivity contribution >= 4 is 5.91 Å². The monoisotopic (exact) mass is 286 g/mol. The standard InChI is InChI=1S/C17H19FN2O/c18-16-9-5-4-8-15(16)12-20-17(21)13-19-11-10-14-6-2-1-3-7-14/h1-9,19H,10-13H2,(H,20,21). The average molecular weight is 286 g/mol. The largest absolute Gasteiger partial charge is 0.351 e. The number of carbonyl (C=O) groups excluding carboxylic acids is 1. The molecule has 21 heavy (non-hydrogen) atoms. The molecule has 2 aromatic rings. The molecule has 2 N–H and O–H groups in total. The van der Waals surface area contributed by atoms with E-state index in [2.05, 4.69) is 22.8 Å². The van der Waals surface area contributed by atoms with Crippen molar-refractivity contribution in [2.75, 3.05) is 13.1 Å². The summed E-state index contributed by atoms with van der Waals surface area (Å²) in [6.07, 6.45) is 0.876. The van der Waals surface area contributed by atoms with Gasteiger partial charge < -0.3 is 10.6 Å². The second-order valence-corrected chi connectivity index (χ2v) is 4.78. The summed E-state index contributed by atoms with van der Waals surface area (Å²) < 4.78 is 13.4. The van der Waals surface area contributed by atoms with Gasteiger partial charge in [-0.05, 0) is 24.6 Å². The van der Waals surface area contributed by atoms with E-state index in [1.54, 1.807) is 18.2 Å². The average Bonchev–Trinajstić information content (AvgIpc) is 2.52. The smallest absolute Gasteiger partial charge is 0.234 e. The van der Waals surface area contributed by atoms with Gasteiger partial charge in [0.1, 0.15) is 5.82 Å². The predicted octanol–water partition coefficient (Wildman–Crippen LogP) is 2.27. The third-order valence-corrected chi connectivity index (χ3v) is 3.15. The minimum Gasteiger partial charge on any atom is -0.351 e. The molecule has 0 unspecified atom stereocenters. The van der Waals surface area contributed by atoms with Gasteiger partial charge in [-0.2, -0.15) is 0 Å². The third kappa shape index (κ3) is 5.36. The van der Waals surface area contributed by atoms with Crippen molar-refractivity contribution in [2.45, 2.75) is 13.0 Å². The van der Waals surface area contributed by atoms with Gasteiger partial charge in [-0.25, -0.2) is 4.39 Å². The number of amides is 1. The Labute approximate surface area is 124 Å². The van der Waals surface area contributed by atoms with Gasteiger partial charge in [0.15, 0.2) is 0 Å². The van der Waals surface area contributed by atoms with Gasteiger partial charge in [0.2, 0.25) is 5.91 Å². The number of hydrogen-bond acceptors (Lipinski definition) is 2. The molecular formula is C17H19FN2O. The molecule has 0 aliphatic heterocycles. The van der Waals surface area contributed by atoms with E-state index < -0.39 is 0 Å². The quantitative estimate of drug-likeness (QED) is 0.767. The van der Waals surface area contributed by atoms with E-state index in [0.717, 1.165) is 13.0 Å². The van der Waals surface area contributed by atoms with Crippen molar-refractivity contribution in [3.05, 3.63) is 71.5 Å². The van der Waals surface area contributed by atoms with E-state index in [4.69, 9.17) is 0 Å². The SMILES string of the molecule is O=C(CNCCc1ccccc1)NCc1ccccc1F. The Bertz CT molecular complexity index is 572. The van der Waals surface area contributed by atoms with Gasteiger partial charge in [0.25, 0.3) is 0 Å². The Hall–Kier alpha value is -2.20. The Kier molecular flexibility index (Phi) is 5.91. The predicted molar refractivity (Wildman–Crippen MR) is 81.3 cm³/mol. The summed E-state index contributed by atoms with van der Waals surface area (Å²) in [6.45, 7) is 1.18. The van der Waals surface area contributed by atoms with Crippen LogP contribution in [-0.2, 0) is 17.8 Å². The second-order valence-electron chi connectivity index (χ2n) is 4.78. The van der Waals surface area contributed by atoms with Crippen molar-refractivity contribution in [2.24, 2.45) is 0 Å². The minimum atomic E-state index is -0.296. The van der Waals surface area contributed by atoms with Crippen LogP contribution in [0.5, 0.6) is 0 Å². The molecule has 0 spiro atoms. The molecule has 3 nitrogen and oxygen atoms in total. The molecular weight excluding hydrogens is 267 g/mol. The van der Waals surface area contributed by atoms with Crippen LogP contribution in [0.4, 0.5) is 4.39 Å². The summed E-state index contributed by atoms with van der Waals surface area (Å²) in [4.78, 5) is 11.6. The van der Waals surface area contributed by atoms with Crippen molar-refractivity contribution in [1.82, 2.24) is 10.6 Å². The zero-order valence-electron chi connectivity index (χ0n) is 11.8. The Morgan fingerprint density at radius 2 is 1.71 bits per heavy atom. The number of benzene rings is 2. The first-order valence-electron chi connectivity index (χ1n) is 7.00. The Morgan fingerprint density at radius 1 is 1.00 bits per heavy atom. The molecule has 0 heterocycles. The number of nitrogens with one attached hydrogen (secondary N) is 2. The van der Waals surface area contributed by atoms with Crippen LogP contribution in [0.15, 0.2) is 54.6 Å². The van der Waals surface area contributed by atoms with Crippen LogP contribution < -0.4 is 10.6 Å². The lowest BCUT2D eigenvalue weighted by atomic mass is 10.1. The summed E-state index contributed by atoms with van der Waals surface area (Å²) in [5, 5.41) is 5.78. The molecule has 0 saturated carbocycles. The maximum atomic E-state index is 13.4. The van der Waals surface area contributed by atoms with Gasteiger partial charge in [0.05, 0.1) is 6.54 Å². The highest BCUT2D eigenvalue weighted by molar-refractivity contribution is 5.77. The minimum absolute atomic E-state index is 0.133. The zero-order chi connectivity index (χ0) is 14.9. The van der Waals surface area contributed by atoms with E-state index >= 15 is 0 Å². The number of hydrogen-bond donors (Lipinski definition) is 2. The first-order valence-corrected chi connectivity index (χ1v) is 7.00. The zero-order valence-corrected chi connectivity index (χ0v) is 11.8. The van der Waals surface area contributed by atoms with Crippen LogP contribution in [0.25, 0.3) is 0 Å². The number of carbonyl (C=O) groups is 1. The molecule has 0 fully saturated rings. The Morgan fingerprint density at radius 3 is 2.48 bits per heavy atom. The fraction of sp³-hybridized carbons (Fsp3) is 0.235. The lowest BCUT2D eigenvalue weighted by Crippen LogP contribution is -2.34. The van der Waals surface area contributed by atoms with Gasteiger partial charge >= 0.3 is 0 Å². The van der Waals surface area contributed by atoms with Crippen LogP contribution in [0.1, 0.15) is 11.1 Å². The lowest BCUT2D eigenvalue weighted by molar-refractivity contribution is -0.120. The van der Waals surface area contributed by atoms with Crippen LogP contribution >= 0.6 is 0 Å². The molecule has 2 aromatic carbocycles. The van der Waals surface area contributed by atoms with E-state index in [0.29, 0.717) is 5.56 Å². The molecule has 0 atom stereocenters. The van der Waals surface area contributed by atoms with Crippen LogP contribution in [0, 0.1) is 5.82 Å². The topological polar surface area (TPSA) is 41.1 Å². The second kappa shape index (κ2) is 8.17. The summed E-state index contributed by atoms with van der Waals surface area (Å²) in [5.41, 5.74) is 1.73. The highest BCUT2D eigenvalue weighted by Crippen LogP contribution is 2.05. The van der Waals surface area contributed by atoms with Crippen LogP contribution in [0.3, 0.4) is 0 Å². The number of halogens is 1. The maximum absolute atomic E-state index is 13.4. The molecule has 0 aromatic heterocycles. The summed E-state index contributed by atoms with van der Waals surface area (Å²) in [5.74, 6) is -0.429. The molecule has 0 aliphatic carbocycles. The highest BCUT2D eigenvalue weighted by Gasteiger charge is 2.03. The van der Waals surface area contributed by atoms with E-state index in [1.165, 1.54) is 11.6 Å². The summed E-state index contributed by atoms with van der Waals surface area (Å²) in [7, 11) is 0. The molecule has 0 saturated heterocycles. The van der Waals surface area contributed by atoms with E-state index in [-0.39, 0.29) is 24.8 Å². The first-order chi connectivity index (χ1) is 10.3. The molecule has 0 radical (unpaired) electrons. The number of rotatable bonds is 7. The van der Waals surface area contributed by atoms with Crippen LogP contribution in [0.2, 0.25) is 0 Å². The normalized spacial score (nSPS) is 10.3. The van der Waals surface area contributed by atoms with Crippen molar-refractivity contribution in [3.8, 4) is 0 Å². The summed E-state index contributed by atoms with van der Waals surface area (Å²) in [6, 6.07) is 16.5. The van der Waals surface area contributed by atoms with Crippen molar-refractivity contribution in [3.63, 3.8) is 0 Å². The highest BCUT2D eigenvalue weighted by atomic mass is 19.1. The van der Waals surface area contributed by atoms with Crippen molar-refractivity contribution < 1.29 is 9.18 Å². The van der Waals surface area contributed by atoms with Gasteiger partial charge in [-0.1, -0.05) is 48.5 Å². The molecule has 110 valence electrons. The van der Waals surface area contributed by atoms with E-state index in [9.17, 15) is 9.18 Å². The molecule has 0 bridgehead atoms. The molecule has 1 amide bonds. The van der Waals surface area contributed by atoms with Crippen molar-refractivity contribution in [1.29, 1.82) is 0 Å². The van der Waals surface area contributed by atoms with Gasteiger partial charge in [-0.15, -0.1) is 0 Å². The third-order valence-electron chi connectivity index (χ3n) is 3.15. The summed E-state index contributed by atoms with van der Waals surface area (Å²) >= 11 is 0. The maximum Gasteiger partial charge on any atom is 0.234 e. The first kappa shape index (κ1) is 15.2.